The maximum Gasteiger partial charge on any atom is 0.180 e. The van der Waals surface area contributed by atoms with Gasteiger partial charge in [0.1, 0.15) is 17.3 Å². The fourth-order valence-electron chi connectivity index (χ4n) is 1.88. The van der Waals surface area contributed by atoms with Crippen LogP contribution in [0.4, 0.5) is 10.2 Å². The average molecular weight is 262 g/mol. The molecule has 1 N–H and O–H groups in total. The quantitative estimate of drug-likeness (QED) is 0.901. The Hall–Kier alpha value is -1.69. The van der Waals surface area contributed by atoms with E-state index in [1.807, 2.05) is 18.8 Å². The lowest BCUT2D eigenvalue weighted by atomic mass is 10.2. The Morgan fingerprint density at radius 1 is 1.28 bits per heavy atom. The number of pyridine rings is 1. The number of hydrogen-bond acceptors (Lipinski definition) is 5. The number of thioether (sulfide) groups is 1. The zero-order valence-electron chi connectivity index (χ0n) is 9.77. The summed E-state index contributed by atoms with van der Waals surface area (Å²) >= 11 is 1.82. The molecule has 0 unspecified atom stereocenters. The van der Waals surface area contributed by atoms with E-state index in [-0.39, 0.29) is 5.82 Å². The molecule has 92 valence electrons. The highest BCUT2D eigenvalue weighted by molar-refractivity contribution is 7.98. The molecule has 0 amide bonds. The van der Waals surface area contributed by atoms with Crippen LogP contribution < -0.4 is 5.32 Å². The van der Waals surface area contributed by atoms with Crippen molar-refractivity contribution in [3.05, 3.63) is 35.4 Å². The number of aromatic nitrogens is 3. The summed E-state index contributed by atoms with van der Waals surface area (Å²) < 4.78 is 12.8. The zero-order chi connectivity index (χ0) is 12.5. The van der Waals surface area contributed by atoms with Gasteiger partial charge in [0.2, 0.25) is 0 Å². The van der Waals surface area contributed by atoms with E-state index in [9.17, 15) is 4.39 Å². The van der Waals surface area contributed by atoms with Crippen molar-refractivity contribution in [2.24, 2.45) is 0 Å². The summed E-state index contributed by atoms with van der Waals surface area (Å²) in [5.74, 6) is 2.85. The third-order valence-corrected chi connectivity index (χ3v) is 3.74. The Morgan fingerprint density at radius 3 is 2.89 bits per heavy atom. The van der Waals surface area contributed by atoms with Crippen LogP contribution in [0.3, 0.4) is 0 Å². The minimum atomic E-state index is -0.357. The van der Waals surface area contributed by atoms with Crippen LogP contribution in [0.2, 0.25) is 0 Å². The van der Waals surface area contributed by atoms with Gasteiger partial charge in [0.25, 0.3) is 0 Å². The fraction of sp³-hybridized carbons (Fsp3) is 0.250. The van der Waals surface area contributed by atoms with Crippen molar-refractivity contribution in [1.29, 1.82) is 0 Å². The summed E-state index contributed by atoms with van der Waals surface area (Å²) in [5.41, 5.74) is 2.79. The van der Waals surface area contributed by atoms with Gasteiger partial charge in [-0.05, 0) is 12.1 Å². The monoisotopic (exact) mass is 262 g/mol. The first-order valence-corrected chi connectivity index (χ1v) is 6.70. The van der Waals surface area contributed by atoms with Gasteiger partial charge in [-0.2, -0.15) is 11.8 Å². The zero-order valence-corrected chi connectivity index (χ0v) is 10.6. The number of anilines is 1. The number of nitrogens with zero attached hydrogens (tertiary/aromatic N) is 3. The van der Waals surface area contributed by atoms with Crippen molar-refractivity contribution in [2.75, 3.05) is 12.4 Å². The summed E-state index contributed by atoms with van der Waals surface area (Å²) in [6, 6.07) is 2.96. The van der Waals surface area contributed by atoms with E-state index in [0.29, 0.717) is 11.5 Å². The van der Waals surface area contributed by atoms with Crippen LogP contribution in [0.25, 0.3) is 11.5 Å². The Bertz CT molecular complexity index is 585. The molecule has 0 aliphatic carbocycles. The second kappa shape index (κ2) is 4.53. The second-order valence-corrected chi connectivity index (χ2v) is 4.91. The summed E-state index contributed by atoms with van der Waals surface area (Å²) in [4.78, 5) is 13.0. The standard InChI is InChI=1S/C12H11FN4S/c1-14-11-8-5-18-6-10(8)16-12(17-11)9-3-2-7(13)4-15-9/h2-4H,5-6H2,1H3,(H,14,16,17). The topological polar surface area (TPSA) is 50.7 Å². The van der Waals surface area contributed by atoms with Gasteiger partial charge < -0.3 is 5.32 Å². The number of rotatable bonds is 2. The van der Waals surface area contributed by atoms with Crippen LogP contribution in [0.5, 0.6) is 0 Å². The van der Waals surface area contributed by atoms with Crippen molar-refractivity contribution < 1.29 is 4.39 Å². The smallest absolute Gasteiger partial charge is 0.180 e. The molecular formula is C12H11FN4S. The molecule has 1 aliphatic rings. The van der Waals surface area contributed by atoms with Gasteiger partial charge in [-0.3, -0.25) is 0 Å². The van der Waals surface area contributed by atoms with E-state index in [1.54, 1.807) is 6.07 Å². The molecule has 0 atom stereocenters. The maximum absolute atomic E-state index is 12.8. The molecule has 0 fully saturated rings. The number of halogens is 1. The molecule has 0 spiro atoms. The molecule has 4 nitrogen and oxygen atoms in total. The van der Waals surface area contributed by atoms with Crippen LogP contribution in [0, 0.1) is 5.82 Å². The molecule has 1 aliphatic heterocycles. The van der Waals surface area contributed by atoms with E-state index in [4.69, 9.17) is 0 Å². The summed E-state index contributed by atoms with van der Waals surface area (Å²) in [6.45, 7) is 0. The largest absolute Gasteiger partial charge is 0.373 e. The van der Waals surface area contributed by atoms with Gasteiger partial charge in [-0.25, -0.2) is 19.3 Å². The first kappa shape index (κ1) is 11.4. The van der Waals surface area contributed by atoms with E-state index in [0.717, 1.165) is 28.6 Å². The SMILES string of the molecule is CNc1nc(-c2ccc(F)cn2)nc2c1CSC2. The molecule has 0 saturated carbocycles. The van der Waals surface area contributed by atoms with Crippen LogP contribution in [-0.4, -0.2) is 22.0 Å². The lowest BCUT2D eigenvalue weighted by Crippen LogP contribution is -2.04. The molecular weight excluding hydrogens is 251 g/mol. The van der Waals surface area contributed by atoms with E-state index < -0.39 is 0 Å². The molecule has 2 aromatic heterocycles. The van der Waals surface area contributed by atoms with Crippen LogP contribution in [-0.2, 0) is 11.5 Å². The average Bonchev–Trinajstić information content (AvgIpc) is 2.86. The molecule has 6 heteroatoms. The minimum Gasteiger partial charge on any atom is -0.373 e. The third-order valence-electron chi connectivity index (χ3n) is 2.77. The second-order valence-electron chi connectivity index (χ2n) is 3.93. The molecule has 2 aromatic rings. The van der Waals surface area contributed by atoms with Crippen molar-refractivity contribution >= 4 is 17.6 Å². The Kier molecular flexibility index (Phi) is 2.87. The highest BCUT2D eigenvalue weighted by atomic mass is 32.2. The molecule has 3 rings (SSSR count). The maximum atomic E-state index is 12.8. The first-order valence-electron chi connectivity index (χ1n) is 5.55. The molecule has 3 heterocycles. The Balaban J connectivity index is 2.10. The highest BCUT2D eigenvalue weighted by Gasteiger charge is 2.19. The third kappa shape index (κ3) is 1.92. The number of nitrogens with one attached hydrogen (secondary N) is 1. The normalized spacial score (nSPS) is 13.4. The number of fused-ring (bicyclic) bond motifs is 1. The fourth-order valence-corrected chi connectivity index (χ4v) is 2.92. The highest BCUT2D eigenvalue weighted by Crippen LogP contribution is 2.33. The Morgan fingerprint density at radius 2 is 2.17 bits per heavy atom. The van der Waals surface area contributed by atoms with Crippen LogP contribution in [0.15, 0.2) is 18.3 Å². The predicted molar refractivity (Wildman–Crippen MR) is 69.8 cm³/mol. The van der Waals surface area contributed by atoms with Crippen molar-refractivity contribution in [3.8, 4) is 11.5 Å². The van der Waals surface area contributed by atoms with Gasteiger partial charge in [-0.15, -0.1) is 0 Å². The van der Waals surface area contributed by atoms with Crippen molar-refractivity contribution in [1.82, 2.24) is 15.0 Å². The summed E-state index contributed by atoms with van der Waals surface area (Å²) in [6.07, 6.45) is 1.18. The van der Waals surface area contributed by atoms with E-state index in [1.165, 1.54) is 12.3 Å². The van der Waals surface area contributed by atoms with E-state index >= 15 is 0 Å². The van der Waals surface area contributed by atoms with Crippen LogP contribution >= 0.6 is 11.8 Å². The van der Waals surface area contributed by atoms with Gasteiger partial charge in [-0.1, -0.05) is 0 Å². The van der Waals surface area contributed by atoms with Crippen LogP contribution in [0.1, 0.15) is 11.3 Å². The molecule has 0 radical (unpaired) electrons. The lowest BCUT2D eigenvalue weighted by molar-refractivity contribution is 0.621. The first-order chi connectivity index (χ1) is 8.78. The molecule has 0 saturated heterocycles. The molecule has 18 heavy (non-hydrogen) atoms. The van der Waals surface area contributed by atoms with Crippen molar-refractivity contribution in [3.63, 3.8) is 0 Å². The summed E-state index contributed by atoms with van der Waals surface area (Å²) in [5, 5.41) is 3.08. The number of hydrogen-bond donors (Lipinski definition) is 1. The van der Waals surface area contributed by atoms with E-state index in [2.05, 4.69) is 20.3 Å². The van der Waals surface area contributed by atoms with Gasteiger partial charge >= 0.3 is 0 Å². The van der Waals surface area contributed by atoms with Crippen molar-refractivity contribution in [2.45, 2.75) is 11.5 Å². The summed E-state index contributed by atoms with van der Waals surface area (Å²) in [7, 11) is 1.84. The van der Waals surface area contributed by atoms with Gasteiger partial charge in [0.15, 0.2) is 5.82 Å². The minimum absolute atomic E-state index is 0.357. The Labute approximate surface area is 108 Å². The van der Waals surface area contributed by atoms with Gasteiger partial charge in [0.05, 0.1) is 11.9 Å². The predicted octanol–water partition coefficient (Wildman–Crippen LogP) is 2.47. The molecule has 0 aromatic carbocycles. The van der Waals surface area contributed by atoms with Gasteiger partial charge in [0, 0.05) is 24.1 Å². The molecule has 0 bridgehead atoms. The lowest BCUT2D eigenvalue weighted by Gasteiger charge is -2.08.